The van der Waals surface area contributed by atoms with Crippen LogP contribution in [0.2, 0.25) is 0 Å². The van der Waals surface area contributed by atoms with Gasteiger partial charge in [-0.3, -0.25) is 24.4 Å². The molecule has 5 aromatic rings. The summed E-state index contributed by atoms with van der Waals surface area (Å²) in [6.45, 7) is 14.3. The van der Waals surface area contributed by atoms with E-state index in [4.69, 9.17) is 19.2 Å². The standard InChI is InChI=1S/C56H68F2N6O8/c1-10-63-44-20-19-36-30-41(44)42(47(63)40-18-14-23-59-45(40)34(4)70-9)31-54(5,6)32-72-53(68)56(69)21-15-24-64(61-56)51(66)43(28-35-26-37(36)29-38(27-35)49(57)58)60-50(65)46(33(2)3)62(8)52(67)48-55(7,22-25-71-48)39-16-12-11-13-17-39/h11-14,16-20,23,26-27,29-30,33-34,43,46,48-49,61,69H,10,15,21-22,24-25,28,31-32H2,1-9H3,(H,60,65)/t34-,43-,46-,48-,55-,56-/m0/s1. The van der Waals surface area contributed by atoms with Crippen LogP contribution in [0.5, 0.6) is 0 Å². The van der Waals surface area contributed by atoms with Gasteiger partial charge in [0.15, 0.2) is 0 Å². The lowest BCUT2D eigenvalue weighted by Crippen LogP contribution is -2.67. The monoisotopic (exact) mass is 991 g/mol. The second kappa shape index (κ2) is 20.8. The van der Waals surface area contributed by atoms with Gasteiger partial charge in [-0.05, 0) is 97.2 Å². The Labute approximate surface area is 420 Å². The lowest BCUT2D eigenvalue weighted by atomic mass is 9.76. The zero-order valence-corrected chi connectivity index (χ0v) is 42.8. The number of esters is 1. The van der Waals surface area contributed by atoms with Crippen molar-refractivity contribution in [3.8, 4) is 22.4 Å². The average molecular weight is 991 g/mol. The Morgan fingerprint density at radius 3 is 2.44 bits per heavy atom. The van der Waals surface area contributed by atoms with E-state index in [1.807, 2.05) is 95.3 Å². The van der Waals surface area contributed by atoms with E-state index in [0.717, 1.165) is 44.0 Å². The molecule has 6 atom stereocenters. The minimum Gasteiger partial charge on any atom is -0.462 e. The number of benzene rings is 3. The molecular formula is C56H68F2N6O8. The number of alkyl halides is 2. The van der Waals surface area contributed by atoms with Gasteiger partial charge in [0.25, 0.3) is 18.2 Å². The number of hydrogen-bond acceptors (Lipinski definition) is 10. The maximum atomic E-state index is 15.1. The minimum absolute atomic E-state index is 0.0374. The number of pyridine rings is 1. The molecule has 6 bridgehead atoms. The van der Waals surface area contributed by atoms with Crippen LogP contribution in [0.25, 0.3) is 33.3 Å². The number of halogens is 2. The summed E-state index contributed by atoms with van der Waals surface area (Å²) in [6.07, 6.45) is -1.63. The largest absolute Gasteiger partial charge is 0.462 e. The van der Waals surface area contributed by atoms with Crippen molar-refractivity contribution in [2.45, 2.75) is 129 Å². The van der Waals surface area contributed by atoms with Crippen molar-refractivity contribution < 1.29 is 47.3 Å². The molecule has 72 heavy (non-hydrogen) atoms. The molecule has 2 fully saturated rings. The number of hydrazine groups is 1. The first-order chi connectivity index (χ1) is 34.2. The number of carbonyl (C=O) groups is 4. The van der Waals surface area contributed by atoms with E-state index in [-0.39, 0.29) is 44.1 Å². The molecule has 2 aromatic heterocycles. The van der Waals surface area contributed by atoms with Crippen molar-refractivity contribution in [2.75, 3.05) is 33.9 Å². The summed E-state index contributed by atoms with van der Waals surface area (Å²) >= 11 is 0. The van der Waals surface area contributed by atoms with Crippen molar-refractivity contribution in [2.24, 2.45) is 11.3 Å². The van der Waals surface area contributed by atoms with Gasteiger partial charge in [0, 0.05) is 85.8 Å². The topological polar surface area (TPSA) is 165 Å². The van der Waals surface area contributed by atoms with Crippen molar-refractivity contribution in [3.63, 3.8) is 0 Å². The number of methoxy groups -OCH3 is 1. The average Bonchev–Trinajstić information content (AvgIpc) is 3.91. The van der Waals surface area contributed by atoms with Crippen LogP contribution in [0.1, 0.15) is 108 Å². The van der Waals surface area contributed by atoms with Crippen LogP contribution in [-0.4, -0.2) is 106 Å². The highest BCUT2D eigenvalue weighted by Crippen LogP contribution is 2.43. The molecule has 14 nitrogen and oxygen atoms in total. The first-order valence-electron chi connectivity index (χ1n) is 25.0. The highest BCUT2D eigenvalue weighted by Gasteiger charge is 2.49. The highest BCUT2D eigenvalue weighted by atomic mass is 19.3. The summed E-state index contributed by atoms with van der Waals surface area (Å²) in [5.74, 6) is -3.24. The lowest BCUT2D eigenvalue weighted by molar-refractivity contribution is -0.189. The molecule has 3 amide bonds. The van der Waals surface area contributed by atoms with Crippen molar-refractivity contribution >= 4 is 34.6 Å². The summed E-state index contributed by atoms with van der Waals surface area (Å²) in [6, 6.07) is 21.3. The van der Waals surface area contributed by atoms with E-state index < -0.39 is 70.8 Å². The van der Waals surface area contributed by atoms with Gasteiger partial charge >= 0.3 is 5.97 Å². The van der Waals surface area contributed by atoms with E-state index in [1.54, 1.807) is 40.3 Å². The Kier molecular flexibility index (Phi) is 15.1. The number of aliphatic hydroxyl groups is 1. The molecule has 0 unspecified atom stereocenters. The molecule has 0 aliphatic carbocycles. The van der Waals surface area contributed by atoms with Gasteiger partial charge in [0.05, 0.1) is 24.1 Å². The third-order valence-electron chi connectivity index (χ3n) is 14.9. The van der Waals surface area contributed by atoms with Gasteiger partial charge in [-0.15, -0.1) is 0 Å². The van der Waals surface area contributed by atoms with Gasteiger partial charge < -0.3 is 34.1 Å². The van der Waals surface area contributed by atoms with E-state index >= 15 is 8.78 Å². The lowest BCUT2D eigenvalue weighted by Gasteiger charge is -2.40. The van der Waals surface area contributed by atoms with Crippen LogP contribution in [0, 0.1) is 11.3 Å². The molecule has 0 spiro atoms. The summed E-state index contributed by atoms with van der Waals surface area (Å²) in [5.41, 5.74) is 5.33. The number of cyclic esters (lactones) is 1. The maximum absolute atomic E-state index is 15.1. The predicted octanol–water partition coefficient (Wildman–Crippen LogP) is 8.23. The molecule has 3 aliphatic heterocycles. The molecule has 384 valence electrons. The second-order valence-corrected chi connectivity index (χ2v) is 21.1. The number of rotatable bonds is 11. The highest BCUT2D eigenvalue weighted by molar-refractivity contribution is 5.96. The molecule has 3 aromatic carbocycles. The molecule has 0 saturated carbocycles. The molecule has 0 radical (unpaired) electrons. The minimum atomic E-state index is -2.89. The fourth-order valence-corrected chi connectivity index (χ4v) is 10.9. The molecule has 8 rings (SSSR count). The number of fused-ring (bicyclic) bond motifs is 6. The Morgan fingerprint density at radius 2 is 1.75 bits per heavy atom. The van der Waals surface area contributed by atoms with Crippen LogP contribution in [0.4, 0.5) is 8.78 Å². The summed E-state index contributed by atoms with van der Waals surface area (Å²) < 4.78 is 50.2. The Morgan fingerprint density at radius 1 is 1.00 bits per heavy atom. The Hall–Kier alpha value is -6.07. The summed E-state index contributed by atoms with van der Waals surface area (Å²) in [7, 11) is 3.17. The van der Waals surface area contributed by atoms with E-state index in [2.05, 4.69) is 15.3 Å². The predicted molar refractivity (Wildman–Crippen MR) is 269 cm³/mol. The SMILES string of the molecule is CCn1c(-c2cccnc2[C@H](C)OC)c2c3cc(ccc31)-c1cc(cc(C(F)F)c1)C[C@H](NC(=O)[C@H](C(C)C)N(C)C(=O)[C@@H]1OCC[C@@]1(C)c1ccccc1)C(=O)N1CCC[C@@](O)(N1)C(=O)OCC(C)(C)C2. The third-order valence-corrected chi connectivity index (χ3v) is 14.9. The molecule has 16 heteroatoms. The van der Waals surface area contributed by atoms with Crippen LogP contribution >= 0.6 is 0 Å². The van der Waals surface area contributed by atoms with Gasteiger partial charge in [0.1, 0.15) is 18.2 Å². The van der Waals surface area contributed by atoms with Crippen LogP contribution < -0.4 is 10.7 Å². The Bertz CT molecular complexity index is 2840. The van der Waals surface area contributed by atoms with Gasteiger partial charge in [-0.2, -0.15) is 5.43 Å². The first kappa shape index (κ1) is 52.3. The number of ether oxygens (including phenoxy) is 3. The fraction of sp³-hybridized carbons (Fsp3) is 0.482. The normalized spacial score (nSPS) is 23.4. The Balaban J connectivity index is 1.24. The van der Waals surface area contributed by atoms with Crippen LogP contribution in [-0.2, 0) is 58.2 Å². The number of nitrogens with zero attached hydrogens (tertiary/aromatic N) is 4. The van der Waals surface area contributed by atoms with Gasteiger partial charge in [-0.25, -0.2) is 13.6 Å². The maximum Gasteiger partial charge on any atom is 0.355 e. The summed E-state index contributed by atoms with van der Waals surface area (Å²) in [5, 5.41) is 16.8. The number of carbonyl (C=O) groups excluding carboxylic acids is 4. The van der Waals surface area contributed by atoms with Gasteiger partial charge in [-0.1, -0.05) is 83.1 Å². The first-order valence-corrected chi connectivity index (χ1v) is 25.0. The number of hydrogen-bond donors (Lipinski definition) is 3. The quantitative estimate of drug-likeness (QED) is 0.110. The second-order valence-electron chi connectivity index (χ2n) is 21.1. The number of likely N-dealkylation sites (N-methyl/N-ethyl adjacent to an activating group) is 1. The fourth-order valence-electron chi connectivity index (χ4n) is 10.9. The molecular weight excluding hydrogens is 923 g/mol. The van der Waals surface area contributed by atoms with E-state index in [0.29, 0.717) is 42.7 Å². The van der Waals surface area contributed by atoms with Gasteiger partial charge in [0.2, 0.25) is 11.6 Å². The molecule has 3 N–H and O–H groups in total. The summed E-state index contributed by atoms with van der Waals surface area (Å²) in [4.78, 5) is 64.5. The van der Waals surface area contributed by atoms with Crippen LogP contribution in [0.15, 0.2) is 85.1 Å². The molecule has 2 saturated heterocycles. The van der Waals surface area contributed by atoms with Crippen molar-refractivity contribution in [1.29, 1.82) is 0 Å². The smallest absolute Gasteiger partial charge is 0.355 e. The van der Waals surface area contributed by atoms with Crippen LogP contribution in [0.3, 0.4) is 0 Å². The zero-order chi connectivity index (χ0) is 51.9. The number of aromatic nitrogens is 2. The number of aryl methyl sites for hydroxylation is 1. The van der Waals surface area contributed by atoms with Crippen molar-refractivity contribution in [3.05, 3.63) is 113 Å². The third kappa shape index (κ3) is 10.2. The van der Waals surface area contributed by atoms with E-state index in [9.17, 15) is 24.3 Å². The van der Waals surface area contributed by atoms with E-state index in [1.165, 1.54) is 17.0 Å². The molecule has 5 heterocycles. The van der Waals surface area contributed by atoms with Crippen molar-refractivity contribution in [1.82, 2.24) is 30.2 Å². The number of amides is 3. The zero-order valence-electron chi connectivity index (χ0n) is 42.8. The molecule has 3 aliphatic rings. The number of nitrogens with one attached hydrogen (secondary N) is 2.